The van der Waals surface area contributed by atoms with Gasteiger partial charge in [-0.25, -0.2) is 0 Å². The third-order valence-electron chi connectivity index (χ3n) is 2.26. The maximum atomic E-state index is 11.7. The van der Waals surface area contributed by atoms with Gasteiger partial charge in [-0.2, -0.15) is 0 Å². The first kappa shape index (κ1) is 14.0. The summed E-state index contributed by atoms with van der Waals surface area (Å²) in [5, 5.41) is 5.14. The van der Waals surface area contributed by atoms with Crippen molar-refractivity contribution < 1.29 is 9.59 Å². The number of carbonyl (C=O) groups excluding carboxylic acids is 2. The molecule has 1 rings (SSSR count). The molecule has 98 valence electrons. The van der Waals surface area contributed by atoms with Gasteiger partial charge in [-0.1, -0.05) is 0 Å². The van der Waals surface area contributed by atoms with Crippen molar-refractivity contribution in [2.75, 3.05) is 7.05 Å². The zero-order valence-electron chi connectivity index (χ0n) is 10.7. The van der Waals surface area contributed by atoms with Gasteiger partial charge in [0.1, 0.15) is 6.54 Å². The molecule has 0 aliphatic heterocycles. The van der Waals surface area contributed by atoms with Crippen molar-refractivity contribution >= 4 is 11.8 Å². The SMILES string of the molecule is CNC(=O)Cn1cc(C(=O)NC(C)C)ccc1=O. The van der Waals surface area contributed by atoms with Crippen LogP contribution in [0.5, 0.6) is 0 Å². The Hall–Kier alpha value is -2.11. The van der Waals surface area contributed by atoms with Crippen LogP contribution in [0.3, 0.4) is 0 Å². The molecule has 18 heavy (non-hydrogen) atoms. The molecule has 0 bridgehead atoms. The van der Waals surface area contributed by atoms with Crippen LogP contribution in [0.4, 0.5) is 0 Å². The lowest BCUT2D eigenvalue weighted by molar-refractivity contribution is -0.121. The molecule has 0 unspecified atom stereocenters. The van der Waals surface area contributed by atoms with E-state index in [1.165, 1.54) is 29.9 Å². The summed E-state index contributed by atoms with van der Waals surface area (Å²) in [7, 11) is 1.49. The summed E-state index contributed by atoms with van der Waals surface area (Å²) in [6.07, 6.45) is 1.38. The molecule has 1 heterocycles. The Labute approximate surface area is 105 Å². The van der Waals surface area contributed by atoms with Crippen LogP contribution in [0.2, 0.25) is 0 Å². The molecule has 1 aromatic heterocycles. The van der Waals surface area contributed by atoms with Crippen LogP contribution in [0.1, 0.15) is 24.2 Å². The molecule has 0 atom stereocenters. The van der Waals surface area contributed by atoms with Gasteiger partial charge in [0, 0.05) is 25.4 Å². The summed E-state index contributed by atoms with van der Waals surface area (Å²) in [5.74, 6) is -0.561. The van der Waals surface area contributed by atoms with E-state index in [4.69, 9.17) is 0 Å². The Bertz CT molecular complexity index is 506. The molecule has 1 aromatic rings. The average Bonchev–Trinajstić information content (AvgIpc) is 2.30. The van der Waals surface area contributed by atoms with Crippen molar-refractivity contribution in [2.45, 2.75) is 26.4 Å². The number of aromatic nitrogens is 1. The lowest BCUT2D eigenvalue weighted by Crippen LogP contribution is -2.33. The quantitative estimate of drug-likeness (QED) is 0.773. The van der Waals surface area contributed by atoms with Crippen molar-refractivity contribution in [3.63, 3.8) is 0 Å². The molecular formula is C12H17N3O3. The molecule has 0 fully saturated rings. The third kappa shape index (κ3) is 3.73. The summed E-state index contributed by atoms with van der Waals surface area (Å²) in [5.41, 5.74) is 0.0342. The second-order valence-electron chi connectivity index (χ2n) is 4.19. The van der Waals surface area contributed by atoms with Crippen LogP contribution >= 0.6 is 0 Å². The lowest BCUT2D eigenvalue weighted by atomic mass is 10.2. The van der Waals surface area contributed by atoms with E-state index in [-0.39, 0.29) is 30.0 Å². The van der Waals surface area contributed by atoms with E-state index in [9.17, 15) is 14.4 Å². The van der Waals surface area contributed by atoms with Crippen molar-refractivity contribution in [3.8, 4) is 0 Å². The van der Waals surface area contributed by atoms with Gasteiger partial charge in [0.25, 0.3) is 11.5 Å². The smallest absolute Gasteiger partial charge is 0.252 e. The third-order valence-corrected chi connectivity index (χ3v) is 2.26. The topological polar surface area (TPSA) is 80.2 Å². The Morgan fingerprint density at radius 1 is 1.33 bits per heavy atom. The van der Waals surface area contributed by atoms with Gasteiger partial charge < -0.3 is 15.2 Å². The van der Waals surface area contributed by atoms with Crippen LogP contribution in [-0.2, 0) is 11.3 Å². The van der Waals surface area contributed by atoms with E-state index in [1.807, 2.05) is 13.8 Å². The van der Waals surface area contributed by atoms with Gasteiger partial charge in [0.2, 0.25) is 5.91 Å². The van der Waals surface area contributed by atoms with E-state index in [1.54, 1.807) is 0 Å². The Morgan fingerprint density at radius 2 is 2.00 bits per heavy atom. The van der Waals surface area contributed by atoms with E-state index in [0.29, 0.717) is 5.56 Å². The first-order chi connectivity index (χ1) is 8.43. The molecule has 0 saturated heterocycles. The lowest BCUT2D eigenvalue weighted by Gasteiger charge is -2.10. The molecule has 0 saturated carbocycles. The number of likely N-dealkylation sites (N-methyl/N-ethyl adjacent to an activating group) is 1. The number of hydrogen-bond donors (Lipinski definition) is 2. The van der Waals surface area contributed by atoms with Crippen LogP contribution < -0.4 is 16.2 Å². The van der Waals surface area contributed by atoms with Crippen molar-refractivity contribution in [3.05, 3.63) is 34.2 Å². The summed E-state index contributed by atoms with van der Waals surface area (Å²) in [4.78, 5) is 34.5. The molecular weight excluding hydrogens is 234 g/mol. The maximum Gasteiger partial charge on any atom is 0.252 e. The fraction of sp³-hybridized carbons (Fsp3) is 0.417. The van der Waals surface area contributed by atoms with Gasteiger partial charge >= 0.3 is 0 Å². The van der Waals surface area contributed by atoms with E-state index >= 15 is 0 Å². The van der Waals surface area contributed by atoms with Crippen LogP contribution in [0, 0.1) is 0 Å². The highest BCUT2D eigenvalue weighted by Crippen LogP contribution is 1.97. The van der Waals surface area contributed by atoms with Crippen LogP contribution in [0.25, 0.3) is 0 Å². The van der Waals surface area contributed by atoms with Gasteiger partial charge in [-0.3, -0.25) is 14.4 Å². The molecule has 6 nitrogen and oxygen atoms in total. The number of rotatable bonds is 4. The molecule has 2 N–H and O–H groups in total. The number of nitrogens with one attached hydrogen (secondary N) is 2. The number of nitrogens with zero attached hydrogens (tertiary/aromatic N) is 1. The number of hydrogen-bond acceptors (Lipinski definition) is 3. The van der Waals surface area contributed by atoms with Gasteiger partial charge in [0.05, 0.1) is 5.56 Å². The molecule has 2 amide bonds. The first-order valence-corrected chi connectivity index (χ1v) is 5.66. The summed E-state index contributed by atoms with van der Waals surface area (Å²) >= 11 is 0. The van der Waals surface area contributed by atoms with E-state index in [0.717, 1.165) is 0 Å². The fourth-order valence-corrected chi connectivity index (χ4v) is 1.37. The minimum atomic E-state index is -0.320. The largest absolute Gasteiger partial charge is 0.358 e. The molecule has 0 spiro atoms. The minimum Gasteiger partial charge on any atom is -0.358 e. The predicted molar refractivity (Wildman–Crippen MR) is 67.4 cm³/mol. The van der Waals surface area contributed by atoms with E-state index in [2.05, 4.69) is 10.6 Å². The van der Waals surface area contributed by atoms with Crippen molar-refractivity contribution in [1.29, 1.82) is 0 Å². The van der Waals surface area contributed by atoms with Gasteiger partial charge in [0.15, 0.2) is 0 Å². The maximum absolute atomic E-state index is 11.7. The van der Waals surface area contributed by atoms with E-state index < -0.39 is 0 Å². The number of carbonyl (C=O) groups is 2. The normalized spacial score (nSPS) is 10.2. The zero-order valence-corrected chi connectivity index (χ0v) is 10.7. The Kier molecular flexibility index (Phi) is 4.65. The minimum absolute atomic E-state index is 0.0109. The monoisotopic (exact) mass is 251 g/mol. The summed E-state index contributed by atoms with van der Waals surface area (Å²) < 4.78 is 1.20. The second kappa shape index (κ2) is 6.00. The summed E-state index contributed by atoms with van der Waals surface area (Å²) in [6, 6.07) is 2.73. The first-order valence-electron chi connectivity index (χ1n) is 5.66. The number of amides is 2. The molecule has 0 aromatic carbocycles. The average molecular weight is 251 g/mol. The highest BCUT2D eigenvalue weighted by molar-refractivity contribution is 5.94. The Balaban J connectivity index is 2.97. The molecule has 0 aliphatic rings. The molecule has 6 heteroatoms. The van der Waals surface area contributed by atoms with Gasteiger partial charge in [-0.05, 0) is 19.9 Å². The van der Waals surface area contributed by atoms with Crippen molar-refractivity contribution in [1.82, 2.24) is 15.2 Å². The molecule has 0 aliphatic carbocycles. The second-order valence-corrected chi connectivity index (χ2v) is 4.19. The highest BCUT2D eigenvalue weighted by Gasteiger charge is 2.09. The highest BCUT2D eigenvalue weighted by atomic mass is 16.2. The zero-order chi connectivity index (χ0) is 13.7. The Morgan fingerprint density at radius 3 is 2.56 bits per heavy atom. The fourth-order valence-electron chi connectivity index (χ4n) is 1.37. The summed E-state index contributed by atoms with van der Waals surface area (Å²) in [6.45, 7) is 3.59. The van der Waals surface area contributed by atoms with Crippen LogP contribution in [-0.4, -0.2) is 29.5 Å². The number of pyridine rings is 1. The standard InChI is InChI=1S/C12H17N3O3/c1-8(2)14-12(18)9-4-5-11(17)15(6-9)7-10(16)13-3/h4-6,8H,7H2,1-3H3,(H,13,16)(H,14,18). The molecule has 0 radical (unpaired) electrons. The van der Waals surface area contributed by atoms with Gasteiger partial charge in [-0.15, -0.1) is 0 Å². The van der Waals surface area contributed by atoms with Crippen molar-refractivity contribution in [2.24, 2.45) is 0 Å². The predicted octanol–water partition coefficient (Wildman–Crippen LogP) is -0.268. The van der Waals surface area contributed by atoms with Crippen LogP contribution in [0.15, 0.2) is 23.1 Å².